The van der Waals surface area contributed by atoms with Crippen molar-refractivity contribution in [1.82, 2.24) is 15.5 Å². The number of thiophene rings is 1. The minimum Gasteiger partial charge on any atom is -0.508 e. The summed E-state index contributed by atoms with van der Waals surface area (Å²) in [5.41, 5.74) is 0.848. The predicted molar refractivity (Wildman–Crippen MR) is 90.6 cm³/mol. The fourth-order valence-corrected chi connectivity index (χ4v) is 2.92. The molecule has 2 N–H and O–H groups in total. The van der Waals surface area contributed by atoms with Gasteiger partial charge in [-0.2, -0.15) is 4.98 Å². The van der Waals surface area contributed by atoms with Gasteiger partial charge in [-0.05, 0) is 36.1 Å². The number of aromatic nitrogens is 2. The average molecular weight is 343 g/mol. The first-order chi connectivity index (χ1) is 11.6. The number of hydrogen-bond acceptors (Lipinski definition) is 6. The zero-order chi connectivity index (χ0) is 16.9. The Morgan fingerprint density at radius 2 is 2.25 bits per heavy atom. The lowest BCUT2D eigenvalue weighted by Crippen LogP contribution is -2.26. The molecule has 1 aromatic carbocycles. The van der Waals surface area contributed by atoms with Crippen molar-refractivity contribution in [3.05, 3.63) is 53.2 Å². The SMILES string of the molecule is C[C@H](NC(=O)CCc1nc(-c2cccs2)no1)c1cccc(O)c1. The van der Waals surface area contributed by atoms with Crippen LogP contribution in [0.2, 0.25) is 0 Å². The third kappa shape index (κ3) is 3.99. The van der Waals surface area contributed by atoms with Gasteiger partial charge in [-0.25, -0.2) is 0 Å². The molecule has 0 saturated heterocycles. The molecule has 24 heavy (non-hydrogen) atoms. The van der Waals surface area contributed by atoms with E-state index in [2.05, 4.69) is 15.5 Å². The van der Waals surface area contributed by atoms with Gasteiger partial charge in [-0.1, -0.05) is 23.4 Å². The van der Waals surface area contributed by atoms with E-state index in [1.165, 1.54) is 11.3 Å². The molecule has 3 aromatic rings. The molecule has 124 valence electrons. The maximum Gasteiger partial charge on any atom is 0.227 e. The lowest BCUT2D eigenvalue weighted by molar-refractivity contribution is -0.121. The van der Waals surface area contributed by atoms with Gasteiger partial charge in [0.1, 0.15) is 5.75 Å². The first-order valence-electron chi connectivity index (χ1n) is 7.56. The lowest BCUT2D eigenvalue weighted by Gasteiger charge is -2.14. The highest BCUT2D eigenvalue weighted by atomic mass is 32.1. The Labute approximate surface area is 143 Å². The van der Waals surface area contributed by atoms with Crippen molar-refractivity contribution in [2.75, 3.05) is 0 Å². The fourth-order valence-electron chi connectivity index (χ4n) is 2.27. The fraction of sp³-hybridized carbons (Fsp3) is 0.235. The van der Waals surface area contributed by atoms with Gasteiger partial charge in [-0.3, -0.25) is 4.79 Å². The number of amides is 1. The number of carbonyl (C=O) groups is 1. The van der Waals surface area contributed by atoms with Crippen molar-refractivity contribution in [3.63, 3.8) is 0 Å². The van der Waals surface area contributed by atoms with Gasteiger partial charge in [0.2, 0.25) is 17.6 Å². The Kier molecular flexibility index (Phi) is 4.90. The topological polar surface area (TPSA) is 88.3 Å². The molecule has 0 saturated carbocycles. The Hall–Kier alpha value is -2.67. The van der Waals surface area contributed by atoms with Crippen LogP contribution >= 0.6 is 11.3 Å². The van der Waals surface area contributed by atoms with E-state index in [1.807, 2.05) is 30.5 Å². The van der Waals surface area contributed by atoms with Gasteiger partial charge in [0, 0.05) is 12.8 Å². The molecule has 3 rings (SSSR count). The minimum atomic E-state index is -0.186. The summed E-state index contributed by atoms with van der Waals surface area (Å²) in [7, 11) is 0. The van der Waals surface area contributed by atoms with E-state index in [0.29, 0.717) is 18.1 Å². The molecule has 0 aliphatic carbocycles. The minimum absolute atomic E-state index is 0.110. The normalized spacial score (nSPS) is 12.0. The van der Waals surface area contributed by atoms with E-state index in [-0.39, 0.29) is 24.1 Å². The second-order valence-corrected chi connectivity index (χ2v) is 6.32. The zero-order valence-corrected chi connectivity index (χ0v) is 13.9. The molecule has 2 aromatic heterocycles. The summed E-state index contributed by atoms with van der Waals surface area (Å²) in [5, 5.41) is 18.2. The van der Waals surface area contributed by atoms with E-state index >= 15 is 0 Å². The van der Waals surface area contributed by atoms with Crippen LogP contribution in [0.25, 0.3) is 10.7 Å². The van der Waals surface area contributed by atoms with Crippen LogP contribution in [-0.4, -0.2) is 21.2 Å². The molecule has 0 fully saturated rings. The van der Waals surface area contributed by atoms with Gasteiger partial charge < -0.3 is 14.9 Å². The quantitative estimate of drug-likeness (QED) is 0.717. The molecule has 2 heterocycles. The molecule has 0 unspecified atom stereocenters. The molecule has 6 nitrogen and oxygen atoms in total. The number of phenolic OH excluding ortho intramolecular Hbond substituents is 1. The van der Waals surface area contributed by atoms with Crippen molar-refractivity contribution in [3.8, 4) is 16.5 Å². The summed E-state index contributed by atoms with van der Waals surface area (Å²) in [4.78, 5) is 17.3. The molecule has 0 bridgehead atoms. The summed E-state index contributed by atoms with van der Waals surface area (Å²) < 4.78 is 5.18. The average Bonchev–Trinajstić information content (AvgIpc) is 3.24. The number of aromatic hydroxyl groups is 1. The molecule has 7 heteroatoms. The summed E-state index contributed by atoms with van der Waals surface area (Å²) in [6, 6.07) is 10.5. The van der Waals surface area contributed by atoms with Gasteiger partial charge in [0.25, 0.3) is 0 Å². The summed E-state index contributed by atoms with van der Waals surface area (Å²) in [5.74, 6) is 1.06. The standard InChI is InChI=1S/C17H17N3O3S/c1-11(12-4-2-5-13(21)10-12)18-15(22)7-8-16-19-17(20-23-16)14-6-3-9-24-14/h2-6,9-11,21H,7-8H2,1H3,(H,18,22)/t11-/m0/s1. The highest BCUT2D eigenvalue weighted by Gasteiger charge is 2.13. The van der Waals surface area contributed by atoms with Gasteiger partial charge in [0.15, 0.2) is 0 Å². The van der Waals surface area contributed by atoms with Crippen LogP contribution in [0.15, 0.2) is 46.3 Å². The first kappa shape index (κ1) is 16.2. The maximum absolute atomic E-state index is 12.1. The second kappa shape index (κ2) is 7.27. The van der Waals surface area contributed by atoms with Gasteiger partial charge in [-0.15, -0.1) is 11.3 Å². The molecule has 0 radical (unpaired) electrons. The van der Waals surface area contributed by atoms with E-state index < -0.39 is 0 Å². The van der Waals surface area contributed by atoms with Crippen LogP contribution in [0, 0.1) is 0 Å². The Bertz CT molecular complexity index is 814. The maximum atomic E-state index is 12.1. The second-order valence-electron chi connectivity index (χ2n) is 5.37. The van der Waals surface area contributed by atoms with E-state index in [0.717, 1.165) is 10.4 Å². The third-order valence-electron chi connectivity index (χ3n) is 3.52. The Balaban J connectivity index is 1.52. The third-order valence-corrected chi connectivity index (χ3v) is 4.39. The van der Waals surface area contributed by atoms with Crippen LogP contribution in [-0.2, 0) is 11.2 Å². The summed E-state index contributed by atoms with van der Waals surface area (Å²) in [6.07, 6.45) is 0.645. The number of nitrogens with one attached hydrogen (secondary N) is 1. The smallest absolute Gasteiger partial charge is 0.227 e. The van der Waals surface area contributed by atoms with Crippen LogP contribution < -0.4 is 5.32 Å². The number of hydrogen-bond donors (Lipinski definition) is 2. The molecule has 0 spiro atoms. The Morgan fingerprint density at radius 3 is 3.00 bits per heavy atom. The number of nitrogens with zero attached hydrogens (tertiary/aromatic N) is 2. The van der Waals surface area contributed by atoms with Gasteiger partial charge >= 0.3 is 0 Å². The van der Waals surface area contributed by atoms with Crippen molar-refractivity contribution in [2.45, 2.75) is 25.8 Å². The van der Waals surface area contributed by atoms with Crippen LogP contribution in [0.3, 0.4) is 0 Å². The molecule has 1 amide bonds. The van der Waals surface area contributed by atoms with E-state index in [4.69, 9.17) is 4.52 Å². The first-order valence-corrected chi connectivity index (χ1v) is 8.44. The van der Waals surface area contributed by atoms with Crippen LogP contribution in [0.1, 0.15) is 30.8 Å². The number of carbonyl (C=O) groups excluding carboxylic acids is 1. The van der Waals surface area contributed by atoms with E-state index in [1.54, 1.807) is 18.2 Å². The van der Waals surface area contributed by atoms with Crippen LogP contribution in [0.4, 0.5) is 0 Å². The van der Waals surface area contributed by atoms with E-state index in [9.17, 15) is 9.90 Å². The van der Waals surface area contributed by atoms with Gasteiger partial charge in [0.05, 0.1) is 10.9 Å². The zero-order valence-electron chi connectivity index (χ0n) is 13.1. The number of benzene rings is 1. The molecular weight excluding hydrogens is 326 g/mol. The summed E-state index contributed by atoms with van der Waals surface area (Å²) >= 11 is 1.54. The van der Waals surface area contributed by atoms with Crippen molar-refractivity contribution in [2.24, 2.45) is 0 Å². The van der Waals surface area contributed by atoms with Crippen molar-refractivity contribution >= 4 is 17.2 Å². The number of aryl methyl sites for hydroxylation is 1. The lowest BCUT2D eigenvalue weighted by atomic mass is 10.1. The summed E-state index contributed by atoms with van der Waals surface area (Å²) in [6.45, 7) is 1.87. The molecular formula is C17H17N3O3S. The van der Waals surface area contributed by atoms with Crippen molar-refractivity contribution in [1.29, 1.82) is 0 Å². The predicted octanol–water partition coefficient (Wildman–Crippen LogP) is 3.31. The number of phenols is 1. The Morgan fingerprint density at radius 1 is 1.38 bits per heavy atom. The highest BCUT2D eigenvalue weighted by molar-refractivity contribution is 7.13. The monoisotopic (exact) mass is 343 g/mol. The highest BCUT2D eigenvalue weighted by Crippen LogP contribution is 2.21. The van der Waals surface area contributed by atoms with Crippen LogP contribution in [0.5, 0.6) is 5.75 Å². The number of rotatable bonds is 6. The molecule has 0 aliphatic heterocycles. The largest absolute Gasteiger partial charge is 0.508 e. The van der Waals surface area contributed by atoms with Crippen molar-refractivity contribution < 1.29 is 14.4 Å². The molecule has 0 aliphatic rings. The molecule has 1 atom stereocenters.